The summed E-state index contributed by atoms with van der Waals surface area (Å²) in [7, 11) is 0. The summed E-state index contributed by atoms with van der Waals surface area (Å²) in [6, 6.07) is 14.8. The second-order valence-corrected chi connectivity index (χ2v) is 14.7. The number of halogens is 1. The molecule has 0 aromatic heterocycles. The van der Waals surface area contributed by atoms with Crippen molar-refractivity contribution in [3.63, 3.8) is 0 Å². The van der Waals surface area contributed by atoms with Crippen molar-refractivity contribution in [2.45, 2.75) is 83.2 Å². The van der Waals surface area contributed by atoms with Gasteiger partial charge in [0.25, 0.3) is 0 Å². The number of rotatable bonds is 27. The van der Waals surface area contributed by atoms with Crippen LogP contribution in [-0.2, 0) is 56.0 Å². The summed E-state index contributed by atoms with van der Waals surface area (Å²) < 4.78 is 14.3. The Morgan fingerprint density at radius 3 is 1.84 bits per heavy atom. The Morgan fingerprint density at radius 1 is 0.607 bits per heavy atom. The molecule has 3 aromatic rings. The largest absolute Gasteiger partial charge is 0.481 e. The van der Waals surface area contributed by atoms with E-state index in [-0.39, 0.29) is 25.7 Å². The van der Waals surface area contributed by atoms with Gasteiger partial charge in [-0.2, -0.15) is 0 Å². The monoisotopic (exact) mass is 849 g/mol. The number of amides is 3. The van der Waals surface area contributed by atoms with Crippen LogP contribution in [0.1, 0.15) is 69.4 Å². The maximum Gasteiger partial charge on any atom is 0.405 e. The van der Waals surface area contributed by atoms with Crippen molar-refractivity contribution in [3.05, 3.63) is 83.7 Å². The van der Waals surface area contributed by atoms with Gasteiger partial charge in [-0.25, -0.2) is 9.18 Å². The first-order valence-electron chi connectivity index (χ1n) is 19.3. The molecule has 3 aromatic carbocycles. The highest BCUT2D eigenvalue weighted by atomic mass is 19.1. The van der Waals surface area contributed by atoms with Crippen LogP contribution >= 0.6 is 0 Å². The first-order valence-corrected chi connectivity index (χ1v) is 19.3. The quantitative estimate of drug-likeness (QED) is 0.0578. The van der Waals surface area contributed by atoms with Crippen LogP contribution in [0.25, 0.3) is 10.8 Å². The minimum atomic E-state index is -1.76. The molecule has 61 heavy (non-hydrogen) atoms. The molecule has 0 aliphatic carbocycles. The summed E-state index contributed by atoms with van der Waals surface area (Å²) in [4.78, 5) is 125. The SMILES string of the molecule is CC(=O)[C@H](CCC(=O)O)CC(=O)[C@H](Cc1cccc2ccccc12)NC(=O)[C@@H](CC(=O)CNC(=O)[C@H](CCC(=O)O)CC(=O)[C@@H](CC(=O)O)NC(=O)O)Cc1cccc(F)c1. The third-order valence-corrected chi connectivity index (χ3v) is 10.0. The van der Waals surface area contributed by atoms with Gasteiger partial charge in [-0.1, -0.05) is 54.6 Å². The minimum absolute atomic E-state index is 0.0576. The molecule has 0 saturated heterocycles. The van der Waals surface area contributed by atoms with Crippen LogP contribution < -0.4 is 16.0 Å². The number of aliphatic carboxylic acids is 3. The first kappa shape index (κ1) is 48.5. The average Bonchev–Trinajstić information content (AvgIpc) is 3.18. The van der Waals surface area contributed by atoms with Gasteiger partial charge in [0, 0.05) is 56.3 Å². The van der Waals surface area contributed by atoms with Crippen LogP contribution in [-0.4, -0.2) is 98.0 Å². The fourth-order valence-corrected chi connectivity index (χ4v) is 6.82. The number of hydrogen-bond donors (Lipinski definition) is 7. The molecule has 0 radical (unpaired) electrons. The summed E-state index contributed by atoms with van der Waals surface area (Å²) in [6.45, 7) is 0.494. The van der Waals surface area contributed by atoms with Crippen molar-refractivity contribution in [2.24, 2.45) is 17.8 Å². The van der Waals surface area contributed by atoms with E-state index in [2.05, 4.69) is 10.6 Å². The highest BCUT2D eigenvalue weighted by Crippen LogP contribution is 2.23. The van der Waals surface area contributed by atoms with E-state index in [1.807, 2.05) is 24.3 Å². The molecule has 326 valence electrons. The molecule has 0 fully saturated rings. The summed E-state index contributed by atoms with van der Waals surface area (Å²) >= 11 is 0. The zero-order valence-corrected chi connectivity index (χ0v) is 33.3. The minimum Gasteiger partial charge on any atom is -0.481 e. The molecule has 0 spiro atoms. The Labute approximate surface area is 349 Å². The topological polar surface area (TPSA) is 288 Å². The molecule has 0 heterocycles. The number of Topliss-reactive ketones (excluding diaryl/α,β-unsaturated/α-hetero) is 4. The second-order valence-electron chi connectivity index (χ2n) is 14.7. The lowest BCUT2D eigenvalue weighted by molar-refractivity contribution is -0.140. The standard InChI is InChI=1S/C43H48FN3O14/c1-24(48)27(12-14-38(52)53)20-36(50)34(19-28-9-5-8-26-7-2-3-11-33(26)28)46-42(59)30(16-25-6-4-10-31(44)17-25)18-32(49)23-45-41(58)29(13-15-39(54)55)21-37(51)35(22-40(56)57)47-43(60)61/h2-11,17,27,29-30,34-35,47H,12-16,18-23H2,1H3,(H,45,58)(H,46,59)(H,52,53)(H,54,55)(H,56,57)(H,60,61)/t27-,29-,30-,34+,35-/m1/s1. The van der Waals surface area contributed by atoms with Gasteiger partial charge in [0.2, 0.25) is 11.8 Å². The molecular weight excluding hydrogens is 801 g/mol. The van der Waals surface area contributed by atoms with E-state index in [1.54, 1.807) is 23.5 Å². The highest BCUT2D eigenvalue weighted by molar-refractivity contribution is 5.97. The number of carbonyl (C=O) groups excluding carboxylic acids is 6. The van der Waals surface area contributed by atoms with Crippen molar-refractivity contribution < 1.29 is 72.8 Å². The first-order chi connectivity index (χ1) is 28.8. The fraction of sp³-hybridized carbons (Fsp3) is 0.395. The third-order valence-electron chi connectivity index (χ3n) is 10.0. The van der Waals surface area contributed by atoms with Crippen LogP contribution in [0.2, 0.25) is 0 Å². The van der Waals surface area contributed by atoms with Crippen LogP contribution in [0, 0.1) is 23.6 Å². The Morgan fingerprint density at radius 2 is 1.21 bits per heavy atom. The molecule has 0 unspecified atom stereocenters. The van der Waals surface area contributed by atoms with E-state index in [4.69, 9.17) is 10.2 Å². The predicted molar refractivity (Wildman–Crippen MR) is 214 cm³/mol. The van der Waals surface area contributed by atoms with Gasteiger partial charge in [-0.15, -0.1) is 0 Å². The van der Waals surface area contributed by atoms with E-state index in [0.717, 1.165) is 16.8 Å². The molecule has 17 nitrogen and oxygen atoms in total. The van der Waals surface area contributed by atoms with Gasteiger partial charge in [-0.3, -0.25) is 43.2 Å². The number of ketones is 4. The Bertz CT molecular complexity index is 2120. The molecular formula is C43H48FN3O14. The van der Waals surface area contributed by atoms with E-state index in [9.17, 15) is 62.5 Å². The van der Waals surface area contributed by atoms with E-state index in [1.165, 1.54) is 25.1 Å². The lowest BCUT2D eigenvalue weighted by Crippen LogP contribution is -2.47. The molecule has 3 rings (SSSR count). The lowest BCUT2D eigenvalue weighted by Gasteiger charge is -2.24. The van der Waals surface area contributed by atoms with Gasteiger partial charge in [0.1, 0.15) is 17.6 Å². The third kappa shape index (κ3) is 16.7. The van der Waals surface area contributed by atoms with Crippen molar-refractivity contribution in [2.75, 3.05) is 6.54 Å². The number of carboxylic acid groups (broad SMARTS) is 4. The second kappa shape index (κ2) is 23.7. The molecule has 7 N–H and O–H groups in total. The fourth-order valence-electron chi connectivity index (χ4n) is 6.82. The van der Waals surface area contributed by atoms with Crippen LogP contribution in [0.3, 0.4) is 0 Å². The number of carboxylic acids is 3. The number of carbonyl (C=O) groups is 10. The summed E-state index contributed by atoms with van der Waals surface area (Å²) in [5.74, 6) is -12.9. The van der Waals surface area contributed by atoms with Crippen molar-refractivity contribution >= 4 is 69.7 Å². The highest BCUT2D eigenvalue weighted by Gasteiger charge is 2.32. The maximum absolute atomic E-state index is 14.3. The summed E-state index contributed by atoms with van der Waals surface area (Å²) in [5.41, 5.74) is 0.962. The van der Waals surface area contributed by atoms with Crippen LogP contribution in [0.5, 0.6) is 0 Å². The van der Waals surface area contributed by atoms with Gasteiger partial charge >= 0.3 is 24.0 Å². The van der Waals surface area contributed by atoms with Crippen molar-refractivity contribution in [1.29, 1.82) is 0 Å². The zero-order chi connectivity index (χ0) is 45.2. The molecule has 0 saturated carbocycles. The molecule has 18 heteroatoms. The van der Waals surface area contributed by atoms with Crippen LogP contribution in [0.4, 0.5) is 9.18 Å². The smallest absolute Gasteiger partial charge is 0.405 e. The van der Waals surface area contributed by atoms with Crippen LogP contribution in [0.15, 0.2) is 66.7 Å². The number of fused-ring (bicyclic) bond motifs is 1. The molecule has 0 bridgehead atoms. The Balaban J connectivity index is 1.89. The van der Waals surface area contributed by atoms with E-state index in [0.29, 0.717) is 11.1 Å². The maximum atomic E-state index is 14.3. The van der Waals surface area contributed by atoms with E-state index < -0.39 is 140 Å². The van der Waals surface area contributed by atoms with Crippen molar-refractivity contribution in [1.82, 2.24) is 16.0 Å². The van der Waals surface area contributed by atoms with Gasteiger partial charge in [-0.05, 0) is 60.2 Å². The Hall–Kier alpha value is -6.85. The summed E-state index contributed by atoms with van der Waals surface area (Å²) in [6.07, 6.45) is -6.25. The average molecular weight is 850 g/mol. The Kier molecular flexibility index (Phi) is 18.8. The molecule has 0 aliphatic heterocycles. The number of nitrogens with one attached hydrogen (secondary N) is 3. The molecule has 3 amide bonds. The van der Waals surface area contributed by atoms with Gasteiger partial charge in [0.15, 0.2) is 17.3 Å². The predicted octanol–water partition coefficient (Wildman–Crippen LogP) is 3.52. The molecule has 5 atom stereocenters. The number of hydrogen-bond acceptors (Lipinski definition) is 10. The summed E-state index contributed by atoms with van der Waals surface area (Å²) in [5, 5.41) is 45.0. The molecule has 0 aliphatic rings. The normalized spacial score (nSPS) is 13.4. The lowest BCUT2D eigenvalue weighted by atomic mass is 9.87. The van der Waals surface area contributed by atoms with Crippen molar-refractivity contribution in [3.8, 4) is 0 Å². The van der Waals surface area contributed by atoms with Gasteiger partial charge < -0.3 is 36.4 Å². The van der Waals surface area contributed by atoms with Gasteiger partial charge in [0.05, 0.1) is 19.0 Å². The zero-order valence-electron chi connectivity index (χ0n) is 33.3. The number of benzene rings is 3. The van der Waals surface area contributed by atoms with E-state index >= 15 is 0 Å².